The van der Waals surface area contributed by atoms with Crippen molar-refractivity contribution in [3.05, 3.63) is 74.5 Å². The van der Waals surface area contributed by atoms with Gasteiger partial charge in [0.15, 0.2) is 0 Å². The largest absolute Gasteiger partial charge is 0.478 e. The summed E-state index contributed by atoms with van der Waals surface area (Å²) >= 11 is 18.7. The van der Waals surface area contributed by atoms with E-state index >= 15 is 0 Å². The van der Waals surface area contributed by atoms with Crippen LogP contribution in [0.1, 0.15) is 21.6 Å². The van der Waals surface area contributed by atoms with Gasteiger partial charge in [-0.25, -0.2) is 9.48 Å². The summed E-state index contributed by atoms with van der Waals surface area (Å²) in [5.41, 5.74) is 5.07. The molecule has 2 aromatic carbocycles. The van der Waals surface area contributed by atoms with E-state index in [2.05, 4.69) is 15.6 Å². The van der Waals surface area contributed by atoms with Crippen LogP contribution in [0, 0.1) is 6.92 Å². The van der Waals surface area contributed by atoms with Crippen LogP contribution in [0.3, 0.4) is 0 Å². The molecule has 0 atom stereocenters. The standard InChI is InChI=1S/C18H13Cl3N4O2/c1-10-12(17(21)25(24-10)16-5-3-2-4-14(16)20)9-22-23-15-8-11(18(26)27)6-7-13(15)19/h2-9,23H,1H3,(H,26,27)/b22-9-. The van der Waals surface area contributed by atoms with E-state index in [4.69, 9.17) is 39.9 Å². The quantitative estimate of drug-likeness (QED) is 0.432. The van der Waals surface area contributed by atoms with Gasteiger partial charge >= 0.3 is 5.97 Å². The van der Waals surface area contributed by atoms with E-state index in [-0.39, 0.29) is 5.56 Å². The molecule has 0 aliphatic heterocycles. The van der Waals surface area contributed by atoms with Crippen molar-refractivity contribution in [2.24, 2.45) is 5.10 Å². The average molecular weight is 424 g/mol. The number of rotatable bonds is 5. The van der Waals surface area contributed by atoms with E-state index in [0.717, 1.165) is 0 Å². The van der Waals surface area contributed by atoms with Crippen LogP contribution in [0.2, 0.25) is 15.2 Å². The highest BCUT2D eigenvalue weighted by Gasteiger charge is 2.15. The van der Waals surface area contributed by atoms with E-state index in [1.165, 1.54) is 29.1 Å². The average Bonchev–Trinajstić information content (AvgIpc) is 2.91. The second-order valence-electron chi connectivity index (χ2n) is 5.52. The number of aromatic nitrogens is 2. The molecule has 27 heavy (non-hydrogen) atoms. The molecular formula is C18H13Cl3N4O2. The first kappa shape index (κ1) is 19.2. The van der Waals surface area contributed by atoms with Crippen molar-refractivity contribution in [2.45, 2.75) is 6.92 Å². The number of anilines is 1. The molecule has 2 N–H and O–H groups in total. The molecule has 0 radical (unpaired) electrons. The molecule has 0 aliphatic rings. The highest BCUT2D eigenvalue weighted by Crippen LogP contribution is 2.27. The van der Waals surface area contributed by atoms with Crippen LogP contribution in [0.4, 0.5) is 5.69 Å². The predicted molar refractivity (Wildman–Crippen MR) is 108 cm³/mol. The molecule has 0 saturated carbocycles. The minimum atomic E-state index is -1.06. The third-order valence-corrected chi connectivity index (χ3v) is 4.73. The Morgan fingerprint density at radius 1 is 1.19 bits per heavy atom. The van der Waals surface area contributed by atoms with E-state index in [9.17, 15) is 4.79 Å². The lowest BCUT2D eigenvalue weighted by Gasteiger charge is -2.05. The summed E-state index contributed by atoms with van der Waals surface area (Å²) in [4.78, 5) is 11.1. The maximum atomic E-state index is 11.1. The zero-order valence-electron chi connectivity index (χ0n) is 13.9. The molecule has 0 fully saturated rings. The van der Waals surface area contributed by atoms with Crippen molar-refractivity contribution >= 4 is 52.7 Å². The normalized spacial score (nSPS) is 11.1. The third-order valence-electron chi connectivity index (χ3n) is 3.72. The molecular weight excluding hydrogens is 411 g/mol. The van der Waals surface area contributed by atoms with E-state index in [1.54, 1.807) is 19.1 Å². The summed E-state index contributed by atoms with van der Waals surface area (Å²) in [6, 6.07) is 11.5. The number of hydrazone groups is 1. The number of carbonyl (C=O) groups is 1. The SMILES string of the molecule is Cc1nn(-c2ccccc2Cl)c(Cl)c1/C=N\Nc1cc(C(=O)O)ccc1Cl. The number of carboxylic acid groups (broad SMARTS) is 1. The lowest BCUT2D eigenvalue weighted by molar-refractivity contribution is 0.0697. The zero-order chi connectivity index (χ0) is 19.6. The molecule has 0 saturated heterocycles. The number of hydrogen-bond acceptors (Lipinski definition) is 4. The van der Waals surface area contributed by atoms with Gasteiger partial charge in [-0.05, 0) is 37.3 Å². The van der Waals surface area contributed by atoms with E-state index in [0.29, 0.717) is 37.8 Å². The molecule has 3 rings (SSSR count). The summed E-state index contributed by atoms with van der Waals surface area (Å²) in [7, 11) is 0. The highest BCUT2D eigenvalue weighted by molar-refractivity contribution is 6.34. The molecule has 1 aromatic heterocycles. The number of carboxylic acids is 1. The van der Waals surface area contributed by atoms with Crippen LogP contribution in [-0.4, -0.2) is 27.1 Å². The van der Waals surface area contributed by atoms with Crippen molar-refractivity contribution in [3.8, 4) is 5.69 Å². The molecule has 0 amide bonds. The first-order valence-electron chi connectivity index (χ1n) is 7.70. The number of para-hydroxylation sites is 1. The van der Waals surface area contributed by atoms with Crippen LogP contribution in [0.5, 0.6) is 0 Å². The van der Waals surface area contributed by atoms with Crippen molar-refractivity contribution < 1.29 is 9.90 Å². The van der Waals surface area contributed by atoms with Gasteiger partial charge in [0, 0.05) is 0 Å². The fourth-order valence-corrected chi connectivity index (χ4v) is 3.04. The van der Waals surface area contributed by atoms with Gasteiger partial charge in [-0.2, -0.15) is 10.2 Å². The van der Waals surface area contributed by atoms with Gasteiger partial charge in [-0.15, -0.1) is 0 Å². The van der Waals surface area contributed by atoms with Crippen LogP contribution < -0.4 is 5.43 Å². The van der Waals surface area contributed by atoms with Crippen LogP contribution in [0.25, 0.3) is 5.69 Å². The zero-order valence-corrected chi connectivity index (χ0v) is 16.2. The smallest absolute Gasteiger partial charge is 0.335 e. The lowest BCUT2D eigenvalue weighted by Crippen LogP contribution is -1.99. The predicted octanol–water partition coefficient (Wildman–Crippen LogP) is 5.29. The summed E-state index contributed by atoms with van der Waals surface area (Å²) in [6.07, 6.45) is 1.49. The number of halogens is 3. The molecule has 0 spiro atoms. The Hall–Kier alpha value is -2.54. The number of nitrogens with one attached hydrogen (secondary N) is 1. The maximum absolute atomic E-state index is 11.1. The number of aromatic carboxylic acids is 1. The summed E-state index contributed by atoms with van der Waals surface area (Å²) in [5.74, 6) is -1.06. The third kappa shape index (κ3) is 4.08. The van der Waals surface area contributed by atoms with Crippen molar-refractivity contribution in [1.82, 2.24) is 9.78 Å². The van der Waals surface area contributed by atoms with E-state index in [1.807, 2.05) is 12.1 Å². The molecule has 3 aromatic rings. The summed E-state index contributed by atoms with van der Waals surface area (Å²) < 4.78 is 1.53. The van der Waals surface area contributed by atoms with Crippen molar-refractivity contribution in [2.75, 3.05) is 5.43 Å². The summed E-state index contributed by atoms with van der Waals surface area (Å²) in [6.45, 7) is 1.79. The highest BCUT2D eigenvalue weighted by atomic mass is 35.5. The van der Waals surface area contributed by atoms with Gasteiger partial charge < -0.3 is 5.11 Å². The van der Waals surface area contributed by atoms with Gasteiger partial charge in [0.05, 0.1) is 44.5 Å². The van der Waals surface area contributed by atoms with Gasteiger partial charge in [-0.3, -0.25) is 5.43 Å². The van der Waals surface area contributed by atoms with Gasteiger partial charge in [0.25, 0.3) is 0 Å². The Morgan fingerprint density at radius 2 is 1.93 bits per heavy atom. The monoisotopic (exact) mass is 422 g/mol. The summed E-state index contributed by atoms with van der Waals surface area (Å²) in [5, 5.41) is 18.8. The second-order valence-corrected chi connectivity index (χ2v) is 6.70. The fourth-order valence-electron chi connectivity index (χ4n) is 2.35. The first-order chi connectivity index (χ1) is 12.9. The Morgan fingerprint density at radius 3 is 2.63 bits per heavy atom. The molecule has 138 valence electrons. The van der Waals surface area contributed by atoms with Crippen LogP contribution in [0.15, 0.2) is 47.6 Å². The van der Waals surface area contributed by atoms with Gasteiger partial charge in [-0.1, -0.05) is 46.9 Å². The number of nitrogens with zero attached hydrogens (tertiary/aromatic N) is 3. The fraction of sp³-hybridized carbons (Fsp3) is 0.0556. The van der Waals surface area contributed by atoms with E-state index < -0.39 is 5.97 Å². The van der Waals surface area contributed by atoms with Gasteiger partial charge in [0.1, 0.15) is 5.15 Å². The number of aryl methyl sites for hydroxylation is 1. The first-order valence-corrected chi connectivity index (χ1v) is 8.84. The number of hydrogen-bond donors (Lipinski definition) is 2. The topological polar surface area (TPSA) is 79.5 Å². The molecule has 0 bridgehead atoms. The molecule has 1 heterocycles. The molecule has 0 aliphatic carbocycles. The van der Waals surface area contributed by atoms with Crippen molar-refractivity contribution in [3.63, 3.8) is 0 Å². The number of benzene rings is 2. The van der Waals surface area contributed by atoms with Crippen LogP contribution in [-0.2, 0) is 0 Å². The van der Waals surface area contributed by atoms with Crippen molar-refractivity contribution in [1.29, 1.82) is 0 Å². The second kappa shape index (κ2) is 8.00. The Labute approximate surface area is 170 Å². The Balaban J connectivity index is 1.88. The minimum Gasteiger partial charge on any atom is -0.478 e. The lowest BCUT2D eigenvalue weighted by atomic mass is 10.2. The molecule has 9 heteroatoms. The Kier molecular flexibility index (Phi) is 5.70. The maximum Gasteiger partial charge on any atom is 0.335 e. The minimum absolute atomic E-state index is 0.0952. The van der Waals surface area contributed by atoms with Crippen LogP contribution >= 0.6 is 34.8 Å². The molecule has 6 nitrogen and oxygen atoms in total. The Bertz CT molecular complexity index is 1050. The molecule has 0 unspecified atom stereocenters. The van der Waals surface area contributed by atoms with Gasteiger partial charge in [0.2, 0.25) is 0 Å².